The monoisotopic (exact) mass is 810 g/mol. The Balaban J connectivity index is 1.80. The standard InChI is InChI=1S/C45H70N4O7S/c1-12-30(6)43(48(10)45(55)35(28(2)3)25-39(53)42(29(4)5)47(9)32(8)51)40(56-11)26-41(54)49-21-16-19-37(49)36(27-50)31(7)38(52)24-34(44-46-20-22-57-44)23-33-17-14-13-15-18-33/h13-15,17-18,20,22,28-31,34-37,40,42-43,50H,12,16,19,21,23-27H2,1-11H3/t30-,31+,34+,35-,36+,37-,40+,42-,43-/m0/s1. The summed E-state index contributed by atoms with van der Waals surface area (Å²) >= 11 is 1.54. The maximum atomic E-state index is 14.4. The predicted octanol–water partition coefficient (Wildman–Crippen LogP) is 6.68. The molecule has 1 N–H and O–H groups in total. The van der Waals surface area contributed by atoms with Crippen molar-refractivity contribution in [3.8, 4) is 0 Å². The first-order valence-corrected chi connectivity index (χ1v) is 21.8. The van der Waals surface area contributed by atoms with Crippen LogP contribution >= 0.6 is 11.3 Å². The molecule has 0 unspecified atom stereocenters. The molecular weight excluding hydrogens is 741 g/mol. The SMILES string of the molecule is CC[C@H](C)[C@@H]([C@@H](CC(=O)N1CCC[C@H]1[C@H](CO)[C@@H](C)C(=O)C[C@@H](Cc1ccccc1)c1nccs1)OC)N(C)C(=O)[C@@H](CC(=O)[C@H](C(C)C)N(C)C(C)=O)C(C)C. The molecule has 3 amide bonds. The van der Waals surface area contributed by atoms with Crippen LogP contribution in [0, 0.1) is 35.5 Å². The molecule has 12 heteroatoms. The summed E-state index contributed by atoms with van der Waals surface area (Å²) in [4.78, 5) is 78.2. The van der Waals surface area contributed by atoms with Gasteiger partial charge in [0.25, 0.3) is 0 Å². The molecule has 1 aromatic carbocycles. The van der Waals surface area contributed by atoms with Gasteiger partial charge in [-0.2, -0.15) is 0 Å². The Morgan fingerprint density at radius 1 is 0.947 bits per heavy atom. The van der Waals surface area contributed by atoms with E-state index in [9.17, 15) is 29.1 Å². The zero-order chi connectivity index (χ0) is 42.6. The zero-order valence-corrected chi connectivity index (χ0v) is 37.2. The number of aliphatic hydroxyl groups excluding tert-OH is 1. The van der Waals surface area contributed by atoms with Crippen LogP contribution in [0.1, 0.15) is 110 Å². The quantitative estimate of drug-likeness (QED) is 0.131. The molecule has 0 saturated carbocycles. The van der Waals surface area contributed by atoms with Crippen molar-refractivity contribution in [2.75, 3.05) is 34.4 Å². The molecule has 0 spiro atoms. The Labute approximate surface area is 345 Å². The smallest absolute Gasteiger partial charge is 0.226 e. The summed E-state index contributed by atoms with van der Waals surface area (Å²) in [6, 6.07) is 8.66. The Hall–Kier alpha value is -3.48. The third-order valence-corrected chi connectivity index (χ3v) is 13.5. The first kappa shape index (κ1) is 47.9. The lowest BCUT2D eigenvalue weighted by Crippen LogP contribution is -2.54. The fourth-order valence-electron chi connectivity index (χ4n) is 8.87. The minimum Gasteiger partial charge on any atom is -0.396 e. The van der Waals surface area contributed by atoms with Gasteiger partial charge in [-0.3, -0.25) is 24.0 Å². The van der Waals surface area contributed by atoms with Crippen molar-refractivity contribution in [1.82, 2.24) is 19.7 Å². The number of hydrogen-bond acceptors (Lipinski definition) is 9. The molecule has 1 aromatic heterocycles. The fraction of sp³-hybridized carbons (Fsp3) is 0.689. The van der Waals surface area contributed by atoms with E-state index in [2.05, 4.69) is 17.1 Å². The number of thiazole rings is 1. The zero-order valence-electron chi connectivity index (χ0n) is 36.4. The number of Topliss-reactive ketones (excluding diaryl/α,β-unsaturated/α-hetero) is 2. The van der Waals surface area contributed by atoms with Gasteiger partial charge in [-0.15, -0.1) is 11.3 Å². The number of aromatic nitrogens is 1. The van der Waals surface area contributed by atoms with Gasteiger partial charge in [0.15, 0.2) is 5.78 Å². The lowest BCUT2D eigenvalue weighted by Gasteiger charge is -2.41. The molecule has 0 aliphatic carbocycles. The minimum absolute atomic E-state index is 0.00311. The first-order chi connectivity index (χ1) is 27.0. The van der Waals surface area contributed by atoms with E-state index >= 15 is 0 Å². The van der Waals surface area contributed by atoms with Gasteiger partial charge in [-0.1, -0.05) is 85.2 Å². The molecule has 9 atom stereocenters. The van der Waals surface area contributed by atoms with Crippen LogP contribution in [0.2, 0.25) is 0 Å². The number of nitrogens with zero attached hydrogens (tertiary/aromatic N) is 4. The van der Waals surface area contributed by atoms with Gasteiger partial charge in [0.05, 0.1) is 29.6 Å². The molecule has 318 valence electrons. The molecule has 1 fully saturated rings. The fourth-order valence-corrected chi connectivity index (χ4v) is 9.61. The van der Waals surface area contributed by atoms with Crippen molar-refractivity contribution in [2.45, 2.75) is 130 Å². The van der Waals surface area contributed by atoms with E-state index in [1.165, 1.54) is 11.8 Å². The van der Waals surface area contributed by atoms with Crippen LogP contribution in [-0.4, -0.2) is 113 Å². The van der Waals surface area contributed by atoms with E-state index in [0.29, 0.717) is 19.4 Å². The van der Waals surface area contributed by atoms with Crippen LogP contribution in [-0.2, 0) is 35.1 Å². The largest absolute Gasteiger partial charge is 0.396 e. The number of hydrogen-bond donors (Lipinski definition) is 1. The molecule has 2 aromatic rings. The van der Waals surface area contributed by atoms with Gasteiger partial charge < -0.3 is 24.5 Å². The number of carbonyl (C=O) groups is 5. The van der Waals surface area contributed by atoms with Gasteiger partial charge in [-0.25, -0.2) is 4.98 Å². The molecule has 0 bridgehead atoms. The molecule has 1 aliphatic heterocycles. The van der Waals surface area contributed by atoms with Crippen LogP contribution < -0.4 is 0 Å². The van der Waals surface area contributed by atoms with Gasteiger partial charge >= 0.3 is 0 Å². The van der Waals surface area contributed by atoms with E-state index in [0.717, 1.165) is 23.4 Å². The highest BCUT2D eigenvalue weighted by molar-refractivity contribution is 7.09. The Morgan fingerprint density at radius 2 is 1.61 bits per heavy atom. The summed E-state index contributed by atoms with van der Waals surface area (Å²) in [5.74, 6) is -2.58. The minimum atomic E-state index is -0.639. The van der Waals surface area contributed by atoms with Crippen LogP contribution in [0.15, 0.2) is 41.9 Å². The topological polar surface area (TPSA) is 137 Å². The highest BCUT2D eigenvalue weighted by Crippen LogP contribution is 2.35. The maximum absolute atomic E-state index is 14.4. The average Bonchev–Trinajstić information content (AvgIpc) is 3.90. The summed E-state index contributed by atoms with van der Waals surface area (Å²) < 4.78 is 6.06. The molecule has 0 radical (unpaired) electrons. The summed E-state index contributed by atoms with van der Waals surface area (Å²) in [7, 11) is 4.93. The van der Waals surface area contributed by atoms with Gasteiger partial charge in [0, 0.05) is 95.4 Å². The number of likely N-dealkylation sites (tertiary alicyclic amines) is 1. The van der Waals surface area contributed by atoms with Crippen molar-refractivity contribution in [3.05, 3.63) is 52.5 Å². The number of likely N-dealkylation sites (N-methyl/N-ethyl adjacent to an activating group) is 2. The lowest BCUT2D eigenvalue weighted by molar-refractivity contribution is -0.149. The number of benzene rings is 1. The number of carbonyl (C=O) groups excluding carboxylic acids is 5. The molecule has 11 nitrogen and oxygen atoms in total. The van der Waals surface area contributed by atoms with Crippen molar-refractivity contribution in [2.24, 2.45) is 35.5 Å². The molecule has 2 heterocycles. The molecule has 3 rings (SSSR count). The maximum Gasteiger partial charge on any atom is 0.226 e. The number of methoxy groups -OCH3 is 1. The number of ether oxygens (including phenoxy) is 1. The average molecular weight is 811 g/mol. The Kier molecular flexibility index (Phi) is 19.0. The van der Waals surface area contributed by atoms with Gasteiger partial charge in [0.2, 0.25) is 17.7 Å². The molecular formula is C45H70N4O7S. The van der Waals surface area contributed by atoms with Crippen LogP contribution in [0.4, 0.5) is 0 Å². The van der Waals surface area contributed by atoms with Crippen LogP contribution in [0.25, 0.3) is 0 Å². The van der Waals surface area contributed by atoms with E-state index in [-0.39, 0.29) is 84.9 Å². The summed E-state index contributed by atoms with van der Waals surface area (Å²) in [5, 5.41) is 13.6. The van der Waals surface area contributed by atoms with Crippen LogP contribution in [0.3, 0.4) is 0 Å². The van der Waals surface area contributed by atoms with E-state index in [1.807, 2.05) is 76.9 Å². The van der Waals surface area contributed by atoms with E-state index < -0.39 is 35.9 Å². The molecule has 1 saturated heterocycles. The van der Waals surface area contributed by atoms with Crippen LogP contribution in [0.5, 0.6) is 0 Å². The second kappa shape index (κ2) is 22.6. The third kappa shape index (κ3) is 12.5. The highest BCUT2D eigenvalue weighted by atomic mass is 32.1. The Bertz CT molecular complexity index is 1580. The number of rotatable bonds is 23. The highest BCUT2D eigenvalue weighted by Gasteiger charge is 2.43. The summed E-state index contributed by atoms with van der Waals surface area (Å²) in [6.07, 6.45) is 4.28. The summed E-state index contributed by atoms with van der Waals surface area (Å²) in [5.41, 5.74) is 1.13. The van der Waals surface area contributed by atoms with Gasteiger partial charge in [0.1, 0.15) is 5.78 Å². The molecule has 1 aliphatic rings. The second-order valence-electron chi connectivity index (χ2n) is 17.0. The van der Waals surface area contributed by atoms with Crippen molar-refractivity contribution >= 4 is 40.6 Å². The Morgan fingerprint density at radius 3 is 2.14 bits per heavy atom. The van der Waals surface area contributed by atoms with Crippen molar-refractivity contribution in [1.29, 1.82) is 0 Å². The van der Waals surface area contributed by atoms with E-state index in [4.69, 9.17) is 4.74 Å². The second-order valence-corrected chi connectivity index (χ2v) is 17.9. The van der Waals surface area contributed by atoms with Crippen molar-refractivity contribution < 1.29 is 33.8 Å². The van der Waals surface area contributed by atoms with E-state index in [1.54, 1.807) is 43.6 Å². The molecule has 57 heavy (non-hydrogen) atoms. The number of amides is 3. The number of ketones is 2. The number of aliphatic hydroxyl groups is 1. The third-order valence-electron chi connectivity index (χ3n) is 12.5. The lowest BCUT2D eigenvalue weighted by atomic mass is 9.80. The normalized spacial score (nSPS) is 18.7. The first-order valence-electron chi connectivity index (χ1n) is 20.9. The summed E-state index contributed by atoms with van der Waals surface area (Å²) in [6.45, 7) is 15.3. The predicted molar refractivity (Wildman–Crippen MR) is 226 cm³/mol. The van der Waals surface area contributed by atoms with Gasteiger partial charge in [-0.05, 0) is 42.6 Å². The van der Waals surface area contributed by atoms with Crippen molar-refractivity contribution in [3.63, 3.8) is 0 Å².